The lowest BCUT2D eigenvalue weighted by Gasteiger charge is -2.08. The van der Waals surface area contributed by atoms with Gasteiger partial charge in [-0.25, -0.2) is 4.79 Å². The molecular formula is C17H15N3O2. The van der Waals surface area contributed by atoms with Crippen molar-refractivity contribution >= 4 is 11.0 Å². The first-order chi connectivity index (χ1) is 10.8. The van der Waals surface area contributed by atoms with Crippen LogP contribution in [0.3, 0.4) is 0 Å². The third-order valence-electron chi connectivity index (χ3n) is 3.47. The highest BCUT2D eigenvalue weighted by molar-refractivity contribution is 5.74. The van der Waals surface area contributed by atoms with Crippen LogP contribution in [0.15, 0.2) is 53.3 Å². The monoisotopic (exact) mass is 293 g/mol. The molecule has 2 aromatic carbocycles. The number of aryl methyl sites for hydroxylation is 1. The largest absolute Gasteiger partial charge is 0.492 e. The summed E-state index contributed by atoms with van der Waals surface area (Å²) in [5.41, 5.74) is 2.14. The number of rotatable bonds is 5. The van der Waals surface area contributed by atoms with Gasteiger partial charge in [0.25, 0.3) is 0 Å². The summed E-state index contributed by atoms with van der Waals surface area (Å²) in [6.07, 6.45) is 0.682. The number of ether oxygens (including phenoxy) is 1. The molecule has 3 rings (SSSR count). The molecule has 0 saturated heterocycles. The minimum Gasteiger partial charge on any atom is -0.492 e. The summed E-state index contributed by atoms with van der Waals surface area (Å²) in [5, 5.41) is 9.00. The number of H-pyrrole nitrogens is 1. The van der Waals surface area contributed by atoms with Crippen LogP contribution < -0.4 is 10.4 Å². The summed E-state index contributed by atoms with van der Waals surface area (Å²) in [6, 6.07) is 16.8. The number of imidazole rings is 1. The summed E-state index contributed by atoms with van der Waals surface area (Å²) in [4.78, 5) is 14.8. The van der Waals surface area contributed by atoms with Crippen LogP contribution >= 0.6 is 0 Å². The normalized spacial score (nSPS) is 10.5. The SMILES string of the molecule is N#Cc1ccccc1OCCCn1c(=O)[nH]c2ccccc21. The Bertz CT molecular complexity index is 887. The van der Waals surface area contributed by atoms with Gasteiger partial charge >= 0.3 is 5.69 Å². The first-order valence-corrected chi connectivity index (χ1v) is 7.09. The molecule has 0 amide bonds. The van der Waals surface area contributed by atoms with Crippen molar-refractivity contribution < 1.29 is 4.74 Å². The quantitative estimate of drug-likeness (QED) is 0.735. The average molecular weight is 293 g/mol. The predicted molar refractivity (Wildman–Crippen MR) is 83.8 cm³/mol. The Kier molecular flexibility index (Phi) is 3.92. The molecule has 0 aliphatic rings. The van der Waals surface area contributed by atoms with E-state index in [4.69, 9.17) is 10.00 Å². The summed E-state index contributed by atoms with van der Waals surface area (Å²) in [6.45, 7) is 1.02. The van der Waals surface area contributed by atoms with Crippen LogP contribution in [0.5, 0.6) is 5.75 Å². The smallest absolute Gasteiger partial charge is 0.326 e. The van der Waals surface area contributed by atoms with Crippen molar-refractivity contribution in [3.8, 4) is 11.8 Å². The lowest BCUT2D eigenvalue weighted by atomic mass is 10.2. The fourth-order valence-corrected chi connectivity index (χ4v) is 2.42. The minimum absolute atomic E-state index is 0.112. The number of nitrogens with zero attached hydrogens (tertiary/aromatic N) is 2. The second-order valence-corrected chi connectivity index (χ2v) is 4.91. The van der Waals surface area contributed by atoms with E-state index in [1.165, 1.54) is 0 Å². The molecular weight excluding hydrogens is 278 g/mol. The Hall–Kier alpha value is -3.00. The van der Waals surface area contributed by atoms with Gasteiger partial charge in [-0.3, -0.25) is 4.57 Å². The maximum Gasteiger partial charge on any atom is 0.326 e. The van der Waals surface area contributed by atoms with Gasteiger partial charge in [-0.1, -0.05) is 24.3 Å². The number of hydrogen-bond acceptors (Lipinski definition) is 3. The van der Waals surface area contributed by atoms with Crippen molar-refractivity contribution in [1.82, 2.24) is 9.55 Å². The topological polar surface area (TPSA) is 70.8 Å². The molecule has 0 unspecified atom stereocenters. The lowest BCUT2D eigenvalue weighted by molar-refractivity contribution is 0.301. The summed E-state index contributed by atoms with van der Waals surface area (Å²) in [7, 11) is 0. The zero-order chi connectivity index (χ0) is 15.4. The number of fused-ring (bicyclic) bond motifs is 1. The van der Waals surface area contributed by atoms with Crippen LogP contribution in [0.2, 0.25) is 0 Å². The number of nitrogens with one attached hydrogen (secondary N) is 1. The molecule has 110 valence electrons. The highest BCUT2D eigenvalue weighted by atomic mass is 16.5. The first-order valence-electron chi connectivity index (χ1n) is 7.09. The van der Waals surface area contributed by atoms with Crippen molar-refractivity contribution in [3.05, 3.63) is 64.6 Å². The van der Waals surface area contributed by atoms with Crippen molar-refractivity contribution in [3.63, 3.8) is 0 Å². The third kappa shape index (κ3) is 2.72. The molecule has 0 fully saturated rings. The van der Waals surface area contributed by atoms with E-state index < -0.39 is 0 Å². The van der Waals surface area contributed by atoms with E-state index in [0.717, 1.165) is 11.0 Å². The van der Waals surface area contributed by atoms with E-state index >= 15 is 0 Å². The van der Waals surface area contributed by atoms with Crippen LogP contribution in [0.4, 0.5) is 0 Å². The van der Waals surface area contributed by atoms with Crippen LogP contribution in [0, 0.1) is 11.3 Å². The zero-order valence-corrected chi connectivity index (χ0v) is 12.0. The molecule has 1 heterocycles. The molecule has 1 aromatic heterocycles. The number of para-hydroxylation sites is 3. The first kappa shape index (κ1) is 14.0. The highest BCUT2D eigenvalue weighted by Crippen LogP contribution is 2.16. The van der Waals surface area contributed by atoms with Crippen molar-refractivity contribution in [1.29, 1.82) is 5.26 Å². The Morgan fingerprint density at radius 2 is 1.91 bits per heavy atom. The summed E-state index contributed by atoms with van der Waals surface area (Å²) >= 11 is 0. The maximum absolute atomic E-state index is 11.9. The van der Waals surface area contributed by atoms with Gasteiger partial charge in [0, 0.05) is 6.54 Å². The fraction of sp³-hybridized carbons (Fsp3) is 0.176. The number of benzene rings is 2. The summed E-state index contributed by atoms with van der Waals surface area (Å²) < 4.78 is 7.33. The van der Waals surface area contributed by atoms with Gasteiger partial charge in [0.2, 0.25) is 0 Å². The lowest BCUT2D eigenvalue weighted by Crippen LogP contribution is -2.18. The van der Waals surface area contributed by atoms with Crippen LogP contribution in [-0.2, 0) is 6.54 Å². The zero-order valence-electron chi connectivity index (χ0n) is 12.0. The van der Waals surface area contributed by atoms with Crippen molar-refractivity contribution in [2.75, 3.05) is 6.61 Å². The molecule has 0 saturated carbocycles. The van der Waals surface area contributed by atoms with Gasteiger partial charge in [0.05, 0.1) is 23.2 Å². The minimum atomic E-state index is -0.112. The summed E-state index contributed by atoms with van der Waals surface area (Å²) in [5.74, 6) is 0.580. The van der Waals surface area contributed by atoms with Crippen LogP contribution in [0.1, 0.15) is 12.0 Å². The molecule has 5 nitrogen and oxygen atoms in total. The van der Waals surface area contributed by atoms with E-state index in [1.807, 2.05) is 30.3 Å². The molecule has 0 bridgehead atoms. The average Bonchev–Trinajstić information content (AvgIpc) is 2.87. The van der Waals surface area contributed by atoms with Gasteiger partial charge in [-0.2, -0.15) is 5.26 Å². The predicted octanol–water partition coefficient (Wildman–Crippen LogP) is 2.67. The van der Waals surface area contributed by atoms with Crippen molar-refractivity contribution in [2.45, 2.75) is 13.0 Å². The molecule has 3 aromatic rings. The Morgan fingerprint density at radius 3 is 2.77 bits per heavy atom. The number of nitriles is 1. The van der Waals surface area contributed by atoms with Gasteiger partial charge in [-0.15, -0.1) is 0 Å². The molecule has 1 N–H and O–H groups in total. The van der Waals surface area contributed by atoms with E-state index in [-0.39, 0.29) is 5.69 Å². The van der Waals surface area contributed by atoms with E-state index in [0.29, 0.717) is 30.9 Å². The molecule has 0 atom stereocenters. The second-order valence-electron chi connectivity index (χ2n) is 4.91. The van der Waals surface area contributed by atoms with Gasteiger partial charge < -0.3 is 9.72 Å². The van der Waals surface area contributed by atoms with Gasteiger partial charge in [-0.05, 0) is 30.7 Å². The molecule has 0 aliphatic carbocycles. The Balaban J connectivity index is 1.65. The van der Waals surface area contributed by atoms with Gasteiger partial charge in [0.1, 0.15) is 11.8 Å². The molecule has 22 heavy (non-hydrogen) atoms. The fourth-order valence-electron chi connectivity index (χ4n) is 2.42. The molecule has 0 radical (unpaired) electrons. The van der Waals surface area contributed by atoms with Gasteiger partial charge in [0.15, 0.2) is 0 Å². The molecule has 0 spiro atoms. The molecule has 5 heteroatoms. The van der Waals surface area contributed by atoms with Crippen molar-refractivity contribution in [2.24, 2.45) is 0 Å². The third-order valence-corrected chi connectivity index (χ3v) is 3.47. The Labute approximate surface area is 127 Å². The van der Waals surface area contributed by atoms with E-state index in [1.54, 1.807) is 22.8 Å². The maximum atomic E-state index is 11.9. The van der Waals surface area contributed by atoms with Crippen LogP contribution in [-0.4, -0.2) is 16.2 Å². The standard InChI is InChI=1S/C17H15N3O2/c18-12-13-6-1-4-9-16(13)22-11-5-10-20-15-8-3-2-7-14(15)19-17(20)21/h1-4,6-9H,5,10-11H2,(H,19,21). The highest BCUT2D eigenvalue weighted by Gasteiger charge is 2.06. The van der Waals surface area contributed by atoms with E-state index in [9.17, 15) is 4.79 Å². The molecule has 0 aliphatic heterocycles. The number of aromatic amines is 1. The number of aromatic nitrogens is 2. The van der Waals surface area contributed by atoms with E-state index in [2.05, 4.69) is 11.1 Å². The van der Waals surface area contributed by atoms with Crippen LogP contribution in [0.25, 0.3) is 11.0 Å². The Morgan fingerprint density at radius 1 is 1.14 bits per heavy atom. The second kappa shape index (κ2) is 6.19. The number of hydrogen-bond donors (Lipinski definition) is 1.